The van der Waals surface area contributed by atoms with Crippen LogP contribution in [0.25, 0.3) is 0 Å². The first-order valence-electron chi connectivity index (χ1n) is 8.36. The van der Waals surface area contributed by atoms with Crippen molar-refractivity contribution in [3.63, 3.8) is 0 Å². The first kappa shape index (κ1) is 17.0. The molecule has 126 valence electrons. The predicted octanol–water partition coefficient (Wildman–Crippen LogP) is 3.30. The van der Waals surface area contributed by atoms with Crippen LogP contribution in [-0.2, 0) is 19.2 Å². The summed E-state index contributed by atoms with van der Waals surface area (Å²) in [4.78, 5) is 50.0. The largest absolute Gasteiger partial charge is 0.299 e. The van der Waals surface area contributed by atoms with Crippen LogP contribution in [0.1, 0.15) is 50.0 Å². The smallest absolute Gasteiger partial charge is 0.144 e. The molecule has 3 rings (SSSR count). The molecule has 2 aliphatic rings. The van der Waals surface area contributed by atoms with Gasteiger partial charge in [0.25, 0.3) is 0 Å². The first-order chi connectivity index (χ1) is 11.5. The van der Waals surface area contributed by atoms with Gasteiger partial charge in [-0.15, -0.1) is 0 Å². The molecular weight excluding hydrogens is 328 g/mol. The number of benzene rings is 1. The van der Waals surface area contributed by atoms with E-state index in [-0.39, 0.29) is 23.1 Å². The average molecular weight is 347 g/mol. The first-order valence-corrected chi connectivity index (χ1v) is 8.74. The molecule has 0 N–H and O–H groups in total. The van der Waals surface area contributed by atoms with E-state index in [1.165, 1.54) is 0 Å². The Labute approximate surface area is 145 Å². The van der Waals surface area contributed by atoms with Crippen molar-refractivity contribution in [2.75, 3.05) is 0 Å². The number of hydrogen-bond acceptors (Lipinski definition) is 4. The van der Waals surface area contributed by atoms with E-state index in [9.17, 15) is 19.2 Å². The molecule has 4 nitrogen and oxygen atoms in total. The molecule has 0 aromatic heterocycles. The predicted molar refractivity (Wildman–Crippen MR) is 88.9 cm³/mol. The number of rotatable bonds is 3. The second kappa shape index (κ2) is 6.98. The SMILES string of the molecule is O=C1CCCC(=O)C1C(c1ccccc1Cl)C1C(=O)CCCC1=O. The van der Waals surface area contributed by atoms with Gasteiger partial charge in [-0.1, -0.05) is 29.8 Å². The van der Waals surface area contributed by atoms with Crippen molar-refractivity contribution in [2.24, 2.45) is 11.8 Å². The molecule has 1 aromatic carbocycles. The molecule has 0 unspecified atom stereocenters. The maximum atomic E-state index is 12.5. The van der Waals surface area contributed by atoms with E-state index in [0.29, 0.717) is 49.1 Å². The maximum Gasteiger partial charge on any atom is 0.144 e. The second-order valence-electron chi connectivity index (χ2n) is 6.57. The zero-order valence-corrected chi connectivity index (χ0v) is 14.1. The summed E-state index contributed by atoms with van der Waals surface area (Å²) in [5.41, 5.74) is 0.557. The van der Waals surface area contributed by atoms with Crippen molar-refractivity contribution in [3.8, 4) is 0 Å². The molecule has 0 heterocycles. The number of carbonyl (C=O) groups is 4. The average Bonchev–Trinajstić information content (AvgIpc) is 2.53. The van der Waals surface area contributed by atoms with Crippen LogP contribution in [0.2, 0.25) is 5.02 Å². The summed E-state index contributed by atoms with van der Waals surface area (Å²) < 4.78 is 0. The minimum absolute atomic E-state index is 0.178. The molecule has 2 fully saturated rings. The standard InChI is InChI=1S/C19H19ClO4/c20-12-6-2-1-5-11(12)17(18-13(21)7-3-8-14(18)22)19-15(23)9-4-10-16(19)24/h1-2,5-6,17-19H,3-4,7-10H2. The van der Waals surface area contributed by atoms with Gasteiger partial charge in [0.15, 0.2) is 0 Å². The van der Waals surface area contributed by atoms with E-state index in [1.807, 2.05) is 0 Å². The molecule has 1 aromatic rings. The molecule has 2 saturated carbocycles. The molecule has 0 spiro atoms. The molecular formula is C19H19ClO4. The Morgan fingerprint density at radius 3 is 1.58 bits per heavy atom. The molecule has 24 heavy (non-hydrogen) atoms. The Morgan fingerprint density at radius 2 is 1.17 bits per heavy atom. The highest BCUT2D eigenvalue weighted by atomic mass is 35.5. The van der Waals surface area contributed by atoms with E-state index in [2.05, 4.69) is 0 Å². The minimum Gasteiger partial charge on any atom is -0.299 e. The van der Waals surface area contributed by atoms with E-state index in [4.69, 9.17) is 11.6 Å². The van der Waals surface area contributed by atoms with Gasteiger partial charge in [0.05, 0.1) is 11.8 Å². The lowest BCUT2D eigenvalue weighted by molar-refractivity contribution is -0.141. The van der Waals surface area contributed by atoms with Crippen molar-refractivity contribution in [3.05, 3.63) is 34.9 Å². The van der Waals surface area contributed by atoms with Crippen LogP contribution in [-0.4, -0.2) is 23.1 Å². The quantitative estimate of drug-likeness (QED) is 0.787. The number of carbonyl (C=O) groups excluding carboxylic acids is 4. The van der Waals surface area contributed by atoms with Gasteiger partial charge in [0, 0.05) is 36.6 Å². The Bertz CT molecular complexity index is 639. The van der Waals surface area contributed by atoms with Crippen LogP contribution in [0.5, 0.6) is 0 Å². The summed E-state index contributed by atoms with van der Waals surface area (Å²) in [5.74, 6) is -3.35. The fourth-order valence-electron chi connectivity index (χ4n) is 3.95. The molecule has 5 heteroatoms. The Morgan fingerprint density at radius 1 is 0.750 bits per heavy atom. The lowest BCUT2D eigenvalue weighted by Gasteiger charge is -2.35. The van der Waals surface area contributed by atoms with Crippen LogP contribution in [0, 0.1) is 11.8 Å². The third kappa shape index (κ3) is 3.07. The summed E-state index contributed by atoms with van der Waals surface area (Å²) >= 11 is 6.30. The monoisotopic (exact) mass is 346 g/mol. The van der Waals surface area contributed by atoms with Gasteiger partial charge in [0.1, 0.15) is 23.1 Å². The van der Waals surface area contributed by atoms with Crippen LogP contribution < -0.4 is 0 Å². The van der Waals surface area contributed by atoms with Crippen LogP contribution in [0.4, 0.5) is 0 Å². The lowest BCUT2D eigenvalue weighted by atomic mass is 9.65. The van der Waals surface area contributed by atoms with E-state index >= 15 is 0 Å². The third-order valence-electron chi connectivity index (χ3n) is 5.06. The van der Waals surface area contributed by atoms with E-state index in [1.54, 1.807) is 24.3 Å². The number of hydrogen-bond donors (Lipinski definition) is 0. The molecule has 2 aliphatic carbocycles. The van der Waals surface area contributed by atoms with E-state index in [0.717, 1.165) is 0 Å². The third-order valence-corrected chi connectivity index (χ3v) is 5.41. The molecule has 0 aliphatic heterocycles. The van der Waals surface area contributed by atoms with Gasteiger partial charge in [-0.05, 0) is 24.5 Å². The summed E-state index contributed by atoms with van der Waals surface area (Å²) in [6.07, 6.45) is 2.32. The second-order valence-corrected chi connectivity index (χ2v) is 6.98. The van der Waals surface area contributed by atoms with Crippen LogP contribution in [0.15, 0.2) is 24.3 Å². The fourth-order valence-corrected chi connectivity index (χ4v) is 4.21. The minimum atomic E-state index is -0.936. The zero-order chi connectivity index (χ0) is 17.3. The fraction of sp³-hybridized carbons (Fsp3) is 0.474. The van der Waals surface area contributed by atoms with Crippen molar-refractivity contribution >= 4 is 34.7 Å². The van der Waals surface area contributed by atoms with Crippen LogP contribution in [0.3, 0.4) is 0 Å². The van der Waals surface area contributed by atoms with E-state index < -0.39 is 17.8 Å². The topological polar surface area (TPSA) is 68.3 Å². The normalized spacial score (nSPS) is 20.9. The Hall–Kier alpha value is -1.81. The van der Waals surface area contributed by atoms with Gasteiger partial charge in [-0.25, -0.2) is 0 Å². The number of halogens is 1. The Balaban J connectivity index is 2.12. The molecule has 0 amide bonds. The van der Waals surface area contributed by atoms with Gasteiger partial charge in [0.2, 0.25) is 0 Å². The Kier molecular flexibility index (Phi) is 4.95. The highest BCUT2D eigenvalue weighted by molar-refractivity contribution is 6.31. The van der Waals surface area contributed by atoms with Gasteiger partial charge in [-0.2, -0.15) is 0 Å². The van der Waals surface area contributed by atoms with Gasteiger partial charge >= 0.3 is 0 Å². The molecule has 0 bridgehead atoms. The van der Waals surface area contributed by atoms with Gasteiger partial charge in [-0.3, -0.25) is 19.2 Å². The van der Waals surface area contributed by atoms with Crippen molar-refractivity contribution in [1.82, 2.24) is 0 Å². The maximum absolute atomic E-state index is 12.5. The highest BCUT2D eigenvalue weighted by Gasteiger charge is 2.47. The van der Waals surface area contributed by atoms with Crippen molar-refractivity contribution < 1.29 is 19.2 Å². The van der Waals surface area contributed by atoms with Gasteiger partial charge < -0.3 is 0 Å². The molecule has 0 radical (unpaired) electrons. The van der Waals surface area contributed by atoms with Crippen LogP contribution >= 0.6 is 11.6 Å². The lowest BCUT2D eigenvalue weighted by Crippen LogP contribution is -2.43. The molecule has 0 saturated heterocycles. The molecule has 0 atom stereocenters. The summed E-state index contributed by atoms with van der Waals surface area (Å²) in [5, 5.41) is 0.389. The summed E-state index contributed by atoms with van der Waals surface area (Å²) in [6.45, 7) is 0. The summed E-state index contributed by atoms with van der Waals surface area (Å²) in [6, 6.07) is 6.89. The summed E-state index contributed by atoms with van der Waals surface area (Å²) in [7, 11) is 0. The number of ketones is 4. The number of Topliss-reactive ketones (excluding diaryl/α,β-unsaturated/α-hetero) is 4. The van der Waals surface area contributed by atoms with Crippen molar-refractivity contribution in [2.45, 2.75) is 44.4 Å². The highest BCUT2D eigenvalue weighted by Crippen LogP contribution is 2.43. The zero-order valence-electron chi connectivity index (χ0n) is 13.3. The van der Waals surface area contributed by atoms with Crippen molar-refractivity contribution in [1.29, 1.82) is 0 Å².